The van der Waals surface area contributed by atoms with Crippen molar-refractivity contribution in [1.29, 1.82) is 0 Å². The highest BCUT2D eigenvalue weighted by Gasteiger charge is 2.37. The molecule has 0 unspecified atom stereocenters. The predicted octanol–water partition coefficient (Wildman–Crippen LogP) is 6.44. The Morgan fingerprint density at radius 3 is 2.26 bits per heavy atom. The van der Waals surface area contributed by atoms with Crippen LogP contribution in [0, 0.1) is 0 Å². The molecule has 8 nitrogen and oxygen atoms in total. The Hall–Kier alpha value is -4.17. The molecule has 2 aliphatic rings. The van der Waals surface area contributed by atoms with Crippen molar-refractivity contribution in [3.8, 4) is 11.1 Å². The van der Waals surface area contributed by atoms with E-state index in [2.05, 4.69) is 36.3 Å². The quantitative estimate of drug-likeness (QED) is 0.189. The van der Waals surface area contributed by atoms with Gasteiger partial charge in [-0.2, -0.15) is 36.4 Å². The maximum Gasteiger partial charge on any atom is 0.416 e. The number of halogens is 6. The standard InChI is InChI=1S/C29H28F6N8/c30-28(31,32)20-10-21(29(33,34)35)12-23(11-20)41-27-38-15-25(19-14-39-43(16-19)24-4-7-36-8-5-24)26(42-27)40-22-2-1-17-3-6-37-13-18(17)9-22/h1-2,9-12,14-16,24,36-37H,3-8,13H2,(H2,38,40,41,42). The van der Waals surface area contributed by atoms with Crippen LogP contribution in [0.5, 0.6) is 0 Å². The van der Waals surface area contributed by atoms with E-state index in [1.165, 1.54) is 11.8 Å². The second-order valence-corrected chi connectivity index (χ2v) is 10.6. The Morgan fingerprint density at radius 2 is 1.53 bits per heavy atom. The number of rotatable bonds is 6. The van der Waals surface area contributed by atoms with Gasteiger partial charge in [0.05, 0.1) is 23.4 Å². The zero-order valence-electron chi connectivity index (χ0n) is 22.8. The van der Waals surface area contributed by atoms with Crippen molar-refractivity contribution in [3.63, 3.8) is 0 Å². The smallest absolute Gasteiger partial charge is 0.340 e. The molecule has 1 saturated heterocycles. The van der Waals surface area contributed by atoms with Gasteiger partial charge >= 0.3 is 12.4 Å². The van der Waals surface area contributed by atoms with Crippen LogP contribution in [0.25, 0.3) is 11.1 Å². The molecule has 4 aromatic rings. The molecule has 2 aromatic carbocycles. The second-order valence-electron chi connectivity index (χ2n) is 10.6. The van der Waals surface area contributed by atoms with Gasteiger partial charge in [-0.1, -0.05) is 6.07 Å². The van der Waals surface area contributed by atoms with Gasteiger partial charge < -0.3 is 21.3 Å². The van der Waals surface area contributed by atoms with Gasteiger partial charge in [0, 0.05) is 41.4 Å². The average molecular weight is 603 g/mol. The van der Waals surface area contributed by atoms with Crippen molar-refractivity contribution >= 4 is 23.1 Å². The minimum Gasteiger partial charge on any atom is -0.340 e. The number of nitrogens with one attached hydrogen (secondary N) is 4. The van der Waals surface area contributed by atoms with E-state index < -0.39 is 29.2 Å². The largest absolute Gasteiger partial charge is 0.416 e. The molecule has 4 heterocycles. The molecule has 0 saturated carbocycles. The highest BCUT2D eigenvalue weighted by Crippen LogP contribution is 2.38. The van der Waals surface area contributed by atoms with Crippen LogP contribution in [0.3, 0.4) is 0 Å². The molecule has 0 bridgehead atoms. The third kappa shape index (κ3) is 6.59. The van der Waals surface area contributed by atoms with Gasteiger partial charge in [0.25, 0.3) is 0 Å². The summed E-state index contributed by atoms with van der Waals surface area (Å²) < 4.78 is 82.5. The van der Waals surface area contributed by atoms with Crippen LogP contribution < -0.4 is 21.3 Å². The summed E-state index contributed by atoms with van der Waals surface area (Å²) in [5.74, 6) is 0.137. The van der Waals surface area contributed by atoms with E-state index in [-0.39, 0.29) is 18.1 Å². The van der Waals surface area contributed by atoms with Crippen molar-refractivity contribution in [1.82, 2.24) is 30.4 Å². The highest BCUT2D eigenvalue weighted by molar-refractivity contribution is 5.78. The number of benzene rings is 2. The molecule has 0 atom stereocenters. The topological polar surface area (TPSA) is 91.7 Å². The Bertz CT molecular complexity index is 1580. The summed E-state index contributed by atoms with van der Waals surface area (Å²) in [6.45, 7) is 3.36. The Kier molecular flexibility index (Phi) is 7.73. The van der Waals surface area contributed by atoms with Gasteiger partial charge in [0.1, 0.15) is 5.82 Å². The fourth-order valence-electron chi connectivity index (χ4n) is 5.35. The zero-order valence-corrected chi connectivity index (χ0v) is 22.8. The zero-order chi connectivity index (χ0) is 30.2. The normalized spacial score (nSPS) is 16.1. The molecule has 6 rings (SSSR count). The maximum absolute atomic E-state index is 13.4. The Balaban J connectivity index is 1.37. The molecule has 226 valence electrons. The third-order valence-electron chi connectivity index (χ3n) is 7.58. The summed E-state index contributed by atoms with van der Waals surface area (Å²) in [6, 6.07) is 7.41. The number of hydrogen-bond donors (Lipinski definition) is 4. The third-order valence-corrected chi connectivity index (χ3v) is 7.58. The number of aromatic nitrogens is 4. The van der Waals surface area contributed by atoms with Crippen LogP contribution in [-0.2, 0) is 25.3 Å². The molecule has 2 aliphatic heterocycles. The SMILES string of the molecule is FC(F)(F)c1cc(Nc2ncc(-c3cnn(C4CCNCC4)c3)c(Nc3ccc4c(c3)CNCC4)n2)cc(C(F)(F)F)c1. The number of piperidine rings is 1. The molecule has 0 spiro atoms. The van der Waals surface area contributed by atoms with E-state index in [1.807, 2.05) is 29.1 Å². The fraction of sp³-hybridized carbons (Fsp3) is 0.345. The maximum atomic E-state index is 13.4. The average Bonchev–Trinajstić information content (AvgIpc) is 3.47. The second kappa shape index (κ2) is 11.5. The monoisotopic (exact) mass is 602 g/mol. The van der Waals surface area contributed by atoms with Crippen molar-refractivity contribution in [3.05, 3.63) is 77.2 Å². The van der Waals surface area contributed by atoms with E-state index in [0.717, 1.165) is 50.1 Å². The van der Waals surface area contributed by atoms with Crippen LogP contribution in [0.15, 0.2) is 55.0 Å². The van der Waals surface area contributed by atoms with Crippen LogP contribution in [0.2, 0.25) is 0 Å². The summed E-state index contributed by atoms with van der Waals surface area (Å²) in [7, 11) is 0. The van der Waals surface area contributed by atoms with E-state index in [4.69, 9.17) is 0 Å². The minimum atomic E-state index is -4.98. The van der Waals surface area contributed by atoms with Gasteiger partial charge in [-0.05, 0) is 80.4 Å². The Morgan fingerprint density at radius 1 is 0.791 bits per heavy atom. The lowest BCUT2D eigenvalue weighted by atomic mass is 10.0. The minimum absolute atomic E-state index is 0.0765. The summed E-state index contributed by atoms with van der Waals surface area (Å²) in [6.07, 6.45) is -2.16. The fourth-order valence-corrected chi connectivity index (χ4v) is 5.35. The summed E-state index contributed by atoms with van der Waals surface area (Å²) in [5, 5.41) is 17.0. The van der Waals surface area contributed by atoms with Gasteiger partial charge in [0.15, 0.2) is 0 Å². The lowest BCUT2D eigenvalue weighted by molar-refractivity contribution is -0.143. The summed E-state index contributed by atoms with van der Waals surface area (Å²) in [4.78, 5) is 8.75. The molecule has 2 aromatic heterocycles. The first kappa shape index (κ1) is 28.9. The van der Waals surface area contributed by atoms with Crippen molar-refractivity contribution in [2.24, 2.45) is 0 Å². The van der Waals surface area contributed by atoms with Gasteiger partial charge in [-0.3, -0.25) is 4.68 Å². The van der Waals surface area contributed by atoms with Gasteiger partial charge in [-0.15, -0.1) is 0 Å². The van der Waals surface area contributed by atoms with Crippen LogP contribution in [0.1, 0.15) is 41.1 Å². The summed E-state index contributed by atoms with van der Waals surface area (Å²) in [5.41, 5.74) is 1.03. The molecule has 4 N–H and O–H groups in total. The molecular weight excluding hydrogens is 574 g/mol. The van der Waals surface area contributed by atoms with E-state index in [9.17, 15) is 26.3 Å². The van der Waals surface area contributed by atoms with Crippen LogP contribution in [-0.4, -0.2) is 39.4 Å². The first-order chi connectivity index (χ1) is 20.5. The first-order valence-electron chi connectivity index (χ1n) is 13.8. The number of alkyl halides is 6. The van der Waals surface area contributed by atoms with Crippen LogP contribution >= 0.6 is 0 Å². The van der Waals surface area contributed by atoms with Crippen molar-refractivity contribution in [2.75, 3.05) is 30.3 Å². The highest BCUT2D eigenvalue weighted by atomic mass is 19.4. The molecule has 1 fully saturated rings. The van der Waals surface area contributed by atoms with E-state index in [1.54, 1.807) is 6.20 Å². The number of hydrogen-bond acceptors (Lipinski definition) is 7. The van der Waals surface area contributed by atoms with Gasteiger partial charge in [0.2, 0.25) is 5.95 Å². The molecule has 14 heteroatoms. The predicted molar refractivity (Wildman–Crippen MR) is 149 cm³/mol. The molecular formula is C29H28F6N8. The molecule has 43 heavy (non-hydrogen) atoms. The molecule has 0 amide bonds. The van der Waals surface area contributed by atoms with Crippen molar-refractivity contribution in [2.45, 2.75) is 44.2 Å². The van der Waals surface area contributed by atoms with Crippen LogP contribution in [0.4, 0.5) is 49.5 Å². The molecule has 0 radical (unpaired) electrons. The Labute approximate surface area is 242 Å². The lowest BCUT2D eigenvalue weighted by Gasteiger charge is -2.22. The number of nitrogens with zero attached hydrogens (tertiary/aromatic N) is 4. The number of anilines is 4. The molecule has 0 aliphatic carbocycles. The lowest BCUT2D eigenvalue weighted by Crippen LogP contribution is -2.29. The van der Waals surface area contributed by atoms with Gasteiger partial charge in [-0.25, -0.2) is 4.98 Å². The summed E-state index contributed by atoms with van der Waals surface area (Å²) >= 11 is 0. The van der Waals surface area contributed by atoms with E-state index >= 15 is 0 Å². The van der Waals surface area contributed by atoms with Crippen molar-refractivity contribution < 1.29 is 26.3 Å². The van der Waals surface area contributed by atoms with E-state index in [0.29, 0.717) is 35.6 Å². The first-order valence-corrected chi connectivity index (χ1v) is 13.8. The number of fused-ring (bicyclic) bond motifs is 1.